The highest BCUT2D eigenvalue weighted by Gasteiger charge is 2.23. The molecule has 0 aliphatic carbocycles. The minimum atomic E-state index is 0.0799. The van der Waals surface area contributed by atoms with Gasteiger partial charge in [0, 0.05) is 31.9 Å². The third kappa shape index (κ3) is 4.48. The number of hydrogen-bond acceptors (Lipinski definition) is 6. The Morgan fingerprint density at radius 3 is 2.52 bits per heavy atom. The Morgan fingerprint density at radius 2 is 1.86 bits per heavy atom. The van der Waals surface area contributed by atoms with Gasteiger partial charge in [-0.3, -0.25) is 4.79 Å². The Bertz CT molecular complexity index is 947. The molecular formula is C22H26N4O2S. The summed E-state index contributed by atoms with van der Waals surface area (Å²) in [6.07, 6.45) is 0. The third-order valence-corrected chi connectivity index (χ3v) is 6.43. The normalized spacial score (nSPS) is 13.9. The van der Waals surface area contributed by atoms with Crippen LogP contribution < -0.4 is 9.64 Å². The van der Waals surface area contributed by atoms with E-state index in [1.165, 1.54) is 11.8 Å². The van der Waals surface area contributed by atoms with Crippen LogP contribution in [0.15, 0.2) is 29.3 Å². The van der Waals surface area contributed by atoms with Crippen LogP contribution in [-0.2, 0) is 4.79 Å². The fourth-order valence-electron chi connectivity index (χ4n) is 3.46. The van der Waals surface area contributed by atoms with Gasteiger partial charge in [0.2, 0.25) is 5.91 Å². The van der Waals surface area contributed by atoms with Gasteiger partial charge in [0.1, 0.15) is 16.8 Å². The van der Waals surface area contributed by atoms with Gasteiger partial charge in [0.25, 0.3) is 0 Å². The Morgan fingerprint density at radius 1 is 1.17 bits per heavy atom. The molecule has 1 amide bonds. The SMILES string of the molecule is COc1ccccc1N1CCN(C(=O)CSc2nc(C)c(C)c(C)c2C#N)CC1. The van der Waals surface area contributed by atoms with Crippen LogP contribution in [0.1, 0.15) is 22.4 Å². The summed E-state index contributed by atoms with van der Waals surface area (Å²) in [5.74, 6) is 1.22. The van der Waals surface area contributed by atoms with Crippen LogP contribution >= 0.6 is 11.8 Å². The molecule has 1 aromatic carbocycles. The number of hydrogen-bond donors (Lipinski definition) is 0. The average Bonchev–Trinajstić information content (AvgIpc) is 2.76. The molecule has 0 N–H and O–H groups in total. The molecule has 2 aromatic rings. The predicted octanol–water partition coefficient (Wildman–Crippen LogP) is 3.33. The number of pyridine rings is 1. The number of rotatable bonds is 5. The van der Waals surface area contributed by atoms with Gasteiger partial charge in [-0.15, -0.1) is 0 Å². The lowest BCUT2D eigenvalue weighted by Gasteiger charge is -2.36. The van der Waals surface area contributed by atoms with Gasteiger partial charge < -0.3 is 14.5 Å². The van der Waals surface area contributed by atoms with E-state index in [2.05, 4.69) is 16.0 Å². The third-order valence-electron chi connectivity index (χ3n) is 5.47. The number of amides is 1. The average molecular weight is 411 g/mol. The minimum Gasteiger partial charge on any atom is -0.495 e. The number of methoxy groups -OCH3 is 1. The van der Waals surface area contributed by atoms with Crippen molar-refractivity contribution in [3.8, 4) is 11.8 Å². The number of piperazine rings is 1. The lowest BCUT2D eigenvalue weighted by atomic mass is 10.1. The van der Waals surface area contributed by atoms with E-state index in [9.17, 15) is 10.1 Å². The molecule has 6 nitrogen and oxygen atoms in total. The molecule has 0 atom stereocenters. The number of thioether (sulfide) groups is 1. The molecule has 0 saturated carbocycles. The van der Waals surface area contributed by atoms with Crippen LogP contribution in [0.5, 0.6) is 5.75 Å². The summed E-state index contributed by atoms with van der Waals surface area (Å²) < 4.78 is 5.45. The number of benzene rings is 1. The van der Waals surface area contributed by atoms with E-state index >= 15 is 0 Å². The number of ether oxygens (including phenoxy) is 1. The summed E-state index contributed by atoms with van der Waals surface area (Å²) >= 11 is 1.36. The number of anilines is 1. The minimum absolute atomic E-state index is 0.0799. The number of aryl methyl sites for hydroxylation is 1. The van der Waals surface area contributed by atoms with E-state index < -0.39 is 0 Å². The van der Waals surface area contributed by atoms with Gasteiger partial charge >= 0.3 is 0 Å². The summed E-state index contributed by atoms with van der Waals surface area (Å²) in [5.41, 5.74) is 4.52. The molecule has 0 spiro atoms. The van der Waals surface area contributed by atoms with Crippen molar-refractivity contribution in [2.24, 2.45) is 0 Å². The van der Waals surface area contributed by atoms with Gasteiger partial charge in [-0.1, -0.05) is 23.9 Å². The number of carbonyl (C=O) groups excluding carboxylic acids is 1. The molecule has 29 heavy (non-hydrogen) atoms. The number of nitriles is 1. The molecule has 0 radical (unpaired) electrons. The number of para-hydroxylation sites is 2. The number of nitrogens with zero attached hydrogens (tertiary/aromatic N) is 4. The van der Waals surface area contributed by atoms with E-state index in [0.29, 0.717) is 23.7 Å². The zero-order valence-corrected chi connectivity index (χ0v) is 18.2. The Kier molecular flexibility index (Phi) is 6.65. The van der Waals surface area contributed by atoms with E-state index in [-0.39, 0.29) is 11.7 Å². The first-order chi connectivity index (χ1) is 14.0. The van der Waals surface area contributed by atoms with Crippen LogP contribution in [0.3, 0.4) is 0 Å². The van der Waals surface area contributed by atoms with Gasteiger partial charge in [0.05, 0.1) is 24.1 Å². The second-order valence-electron chi connectivity index (χ2n) is 7.07. The lowest BCUT2D eigenvalue weighted by Crippen LogP contribution is -2.49. The maximum absolute atomic E-state index is 12.7. The van der Waals surface area contributed by atoms with Crippen molar-refractivity contribution in [1.82, 2.24) is 9.88 Å². The first-order valence-electron chi connectivity index (χ1n) is 9.62. The van der Waals surface area contributed by atoms with Crippen molar-refractivity contribution in [3.63, 3.8) is 0 Å². The summed E-state index contributed by atoms with van der Waals surface area (Å²) in [5, 5.41) is 10.1. The van der Waals surface area contributed by atoms with E-state index in [1.807, 2.05) is 49.9 Å². The fraction of sp³-hybridized carbons (Fsp3) is 0.409. The van der Waals surface area contributed by atoms with Crippen LogP contribution in [0.4, 0.5) is 5.69 Å². The highest BCUT2D eigenvalue weighted by atomic mass is 32.2. The van der Waals surface area contributed by atoms with Crippen LogP contribution in [0.2, 0.25) is 0 Å². The quantitative estimate of drug-likeness (QED) is 0.705. The van der Waals surface area contributed by atoms with Gasteiger partial charge in [-0.25, -0.2) is 4.98 Å². The second kappa shape index (κ2) is 9.19. The summed E-state index contributed by atoms with van der Waals surface area (Å²) in [4.78, 5) is 21.4. The van der Waals surface area contributed by atoms with Gasteiger partial charge in [-0.2, -0.15) is 5.26 Å². The topological polar surface area (TPSA) is 69.5 Å². The number of carbonyl (C=O) groups is 1. The first kappa shape index (κ1) is 21.0. The van der Waals surface area contributed by atoms with Crippen molar-refractivity contribution in [2.75, 3.05) is 43.9 Å². The molecule has 1 aliphatic heterocycles. The monoisotopic (exact) mass is 410 g/mol. The molecule has 1 saturated heterocycles. The van der Waals surface area contributed by atoms with Crippen LogP contribution in [0.25, 0.3) is 0 Å². The Balaban J connectivity index is 1.61. The first-order valence-corrected chi connectivity index (χ1v) is 10.6. The van der Waals surface area contributed by atoms with Crippen molar-refractivity contribution in [1.29, 1.82) is 5.26 Å². The maximum atomic E-state index is 12.7. The lowest BCUT2D eigenvalue weighted by molar-refractivity contribution is -0.128. The van der Waals surface area contributed by atoms with Gasteiger partial charge in [0.15, 0.2) is 0 Å². The van der Waals surface area contributed by atoms with E-state index in [1.54, 1.807) is 7.11 Å². The van der Waals surface area contributed by atoms with Crippen molar-refractivity contribution < 1.29 is 9.53 Å². The molecule has 152 valence electrons. The Labute approximate surface area is 176 Å². The molecule has 7 heteroatoms. The Hall–Kier alpha value is -2.72. The van der Waals surface area contributed by atoms with Crippen molar-refractivity contribution in [3.05, 3.63) is 46.6 Å². The zero-order chi connectivity index (χ0) is 21.0. The summed E-state index contributed by atoms with van der Waals surface area (Å²) in [6, 6.07) is 10.2. The van der Waals surface area contributed by atoms with Gasteiger partial charge in [-0.05, 0) is 44.0 Å². The summed E-state index contributed by atoms with van der Waals surface area (Å²) in [6.45, 7) is 8.71. The standard InChI is InChI=1S/C22H26N4O2S/c1-15-16(2)18(13-23)22(24-17(15)3)29-14-21(27)26-11-9-25(10-12-26)19-7-5-6-8-20(19)28-4/h5-8H,9-12,14H2,1-4H3. The molecule has 0 unspecified atom stereocenters. The second-order valence-corrected chi connectivity index (χ2v) is 8.03. The molecule has 3 rings (SSSR count). The molecule has 0 bridgehead atoms. The molecule has 1 aromatic heterocycles. The molecule has 2 heterocycles. The predicted molar refractivity (Wildman–Crippen MR) is 116 cm³/mol. The maximum Gasteiger partial charge on any atom is 0.233 e. The molecule has 1 aliphatic rings. The van der Waals surface area contributed by atoms with E-state index in [0.717, 1.165) is 41.3 Å². The highest BCUT2D eigenvalue weighted by molar-refractivity contribution is 8.00. The summed E-state index contributed by atoms with van der Waals surface area (Å²) in [7, 11) is 1.67. The van der Waals surface area contributed by atoms with Crippen LogP contribution in [-0.4, -0.2) is 54.8 Å². The number of aromatic nitrogens is 1. The fourth-order valence-corrected chi connectivity index (χ4v) is 4.44. The van der Waals surface area contributed by atoms with E-state index in [4.69, 9.17) is 4.74 Å². The smallest absolute Gasteiger partial charge is 0.233 e. The highest BCUT2D eigenvalue weighted by Crippen LogP contribution is 2.29. The van der Waals surface area contributed by atoms with Crippen molar-refractivity contribution in [2.45, 2.75) is 25.8 Å². The largest absolute Gasteiger partial charge is 0.495 e. The van der Waals surface area contributed by atoms with Crippen LogP contribution in [0, 0.1) is 32.1 Å². The van der Waals surface area contributed by atoms with Crippen molar-refractivity contribution >= 4 is 23.4 Å². The zero-order valence-electron chi connectivity index (χ0n) is 17.4. The molecule has 1 fully saturated rings. The molecular weight excluding hydrogens is 384 g/mol.